The maximum absolute atomic E-state index is 11.5. The quantitative estimate of drug-likeness (QED) is 0.622. The Kier molecular flexibility index (Phi) is 3.83. The van der Waals surface area contributed by atoms with E-state index in [1.54, 1.807) is 30.3 Å². The lowest BCUT2D eigenvalue weighted by Gasteiger charge is -2.07. The summed E-state index contributed by atoms with van der Waals surface area (Å²) in [6, 6.07) is 8.58. The third-order valence-electron chi connectivity index (χ3n) is 2.15. The summed E-state index contributed by atoms with van der Waals surface area (Å²) in [4.78, 5) is 22.4. The highest BCUT2D eigenvalue weighted by molar-refractivity contribution is 6.22. The van der Waals surface area contributed by atoms with Gasteiger partial charge in [-0.1, -0.05) is 30.3 Å². The minimum absolute atomic E-state index is 0.0296. The average molecular weight is 220 g/mol. The molecule has 0 radical (unpaired) electrons. The lowest BCUT2D eigenvalue weighted by atomic mass is 10.0. The molecule has 0 aliphatic heterocycles. The fourth-order valence-corrected chi connectivity index (χ4v) is 1.30. The summed E-state index contributed by atoms with van der Waals surface area (Å²) in [6.45, 7) is 1.38. The summed E-state index contributed by atoms with van der Waals surface area (Å²) < 4.78 is 4.58. The van der Waals surface area contributed by atoms with Crippen molar-refractivity contribution in [2.75, 3.05) is 7.11 Å². The molecule has 1 N–H and O–H groups in total. The fourth-order valence-electron chi connectivity index (χ4n) is 1.30. The summed E-state index contributed by atoms with van der Waals surface area (Å²) in [5, 5.41) is 8.89. The van der Waals surface area contributed by atoms with Gasteiger partial charge in [0.1, 0.15) is 0 Å². The second-order valence-corrected chi connectivity index (χ2v) is 3.16. The maximum atomic E-state index is 11.5. The minimum Gasteiger partial charge on any atom is -0.478 e. The van der Waals surface area contributed by atoms with Crippen molar-refractivity contribution >= 4 is 17.5 Å². The van der Waals surface area contributed by atoms with E-state index in [0.29, 0.717) is 5.56 Å². The van der Waals surface area contributed by atoms with E-state index in [9.17, 15) is 9.59 Å². The molecule has 0 aliphatic rings. The number of carboxylic acids is 1. The lowest BCUT2D eigenvalue weighted by Crippen LogP contribution is -2.10. The number of hydrogen-bond donors (Lipinski definition) is 1. The first-order valence-electron chi connectivity index (χ1n) is 4.65. The molecule has 0 unspecified atom stereocenters. The number of esters is 1. The molecule has 0 spiro atoms. The molecule has 0 saturated carbocycles. The number of rotatable bonds is 3. The van der Waals surface area contributed by atoms with Gasteiger partial charge in [-0.2, -0.15) is 0 Å². The molecule has 4 nitrogen and oxygen atoms in total. The topological polar surface area (TPSA) is 63.6 Å². The fraction of sp³-hybridized carbons (Fsp3) is 0.167. The Morgan fingerprint density at radius 2 is 1.75 bits per heavy atom. The van der Waals surface area contributed by atoms with Crippen molar-refractivity contribution in [2.45, 2.75) is 6.92 Å². The zero-order valence-corrected chi connectivity index (χ0v) is 9.06. The Morgan fingerprint density at radius 3 is 2.19 bits per heavy atom. The van der Waals surface area contributed by atoms with E-state index in [2.05, 4.69) is 4.74 Å². The van der Waals surface area contributed by atoms with Crippen molar-refractivity contribution < 1.29 is 19.4 Å². The van der Waals surface area contributed by atoms with Crippen LogP contribution in [-0.4, -0.2) is 24.2 Å². The summed E-state index contributed by atoms with van der Waals surface area (Å²) >= 11 is 0. The summed E-state index contributed by atoms with van der Waals surface area (Å²) in [6.07, 6.45) is 0. The van der Waals surface area contributed by atoms with E-state index in [4.69, 9.17) is 5.11 Å². The van der Waals surface area contributed by atoms with Crippen molar-refractivity contribution in [2.24, 2.45) is 0 Å². The van der Waals surface area contributed by atoms with Gasteiger partial charge in [0, 0.05) is 5.57 Å². The van der Waals surface area contributed by atoms with Crippen LogP contribution in [0.25, 0.3) is 5.57 Å². The molecule has 1 aromatic carbocycles. The SMILES string of the molecule is COC(=O)C(=C(C)C(=O)O)c1ccccc1. The molecule has 0 aliphatic carbocycles. The molecule has 16 heavy (non-hydrogen) atoms. The third kappa shape index (κ3) is 2.48. The third-order valence-corrected chi connectivity index (χ3v) is 2.15. The van der Waals surface area contributed by atoms with Crippen LogP contribution in [0.5, 0.6) is 0 Å². The molecular weight excluding hydrogens is 208 g/mol. The number of ether oxygens (including phenoxy) is 1. The number of carboxylic acid groups (broad SMARTS) is 1. The Morgan fingerprint density at radius 1 is 1.19 bits per heavy atom. The zero-order chi connectivity index (χ0) is 12.1. The second-order valence-electron chi connectivity index (χ2n) is 3.16. The van der Waals surface area contributed by atoms with Crippen LogP contribution in [0, 0.1) is 0 Å². The normalized spacial score (nSPS) is 11.6. The molecule has 0 bridgehead atoms. The molecule has 0 fully saturated rings. The molecule has 84 valence electrons. The Balaban J connectivity index is 3.33. The number of hydrogen-bond acceptors (Lipinski definition) is 3. The molecule has 0 saturated heterocycles. The Labute approximate surface area is 93.2 Å². The minimum atomic E-state index is -1.13. The van der Waals surface area contributed by atoms with E-state index in [0.717, 1.165) is 0 Å². The zero-order valence-electron chi connectivity index (χ0n) is 9.06. The molecule has 0 atom stereocenters. The van der Waals surface area contributed by atoms with E-state index < -0.39 is 11.9 Å². The molecule has 1 rings (SSSR count). The van der Waals surface area contributed by atoms with Crippen LogP contribution < -0.4 is 0 Å². The highest BCUT2D eigenvalue weighted by Gasteiger charge is 2.19. The Hall–Kier alpha value is -2.10. The van der Waals surface area contributed by atoms with Crippen LogP contribution in [-0.2, 0) is 14.3 Å². The Bertz CT molecular complexity index is 432. The van der Waals surface area contributed by atoms with Crippen LogP contribution >= 0.6 is 0 Å². The highest BCUT2D eigenvalue weighted by Crippen LogP contribution is 2.20. The number of carbonyl (C=O) groups is 2. The lowest BCUT2D eigenvalue weighted by molar-refractivity contribution is -0.135. The van der Waals surface area contributed by atoms with E-state index in [1.165, 1.54) is 14.0 Å². The molecule has 0 amide bonds. The number of benzene rings is 1. The summed E-state index contributed by atoms with van der Waals surface area (Å²) in [5.74, 6) is -1.78. The van der Waals surface area contributed by atoms with Gasteiger partial charge in [0.2, 0.25) is 0 Å². The molecule has 0 heterocycles. The highest BCUT2D eigenvalue weighted by atomic mass is 16.5. The van der Waals surface area contributed by atoms with Gasteiger partial charge in [-0.3, -0.25) is 0 Å². The predicted octanol–water partition coefficient (Wildman–Crippen LogP) is 1.72. The first-order valence-corrected chi connectivity index (χ1v) is 4.65. The van der Waals surface area contributed by atoms with Gasteiger partial charge < -0.3 is 9.84 Å². The first-order chi connectivity index (χ1) is 7.57. The van der Waals surface area contributed by atoms with Gasteiger partial charge in [0.25, 0.3) is 0 Å². The largest absolute Gasteiger partial charge is 0.478 e. The van der Waals surface area contributed by atoms with Gasteiger partial charge in [0.15, 0.2) is 0 Å². The number of aliphatic carboxylic acids is 1. The van der Waals surface area contributed by atoms with E-state index in [1.807, 2.05) is 0 Å². The van der Waals surface area contributed by atoms with Crippen molar-refractivity contribution in [1.29, 1.82) is 0 Å². The average Bonchev–Trinajstić information content (AvgIpc) is 2.30. The van der Waals surface area contributed by atoms with Crippen molar-refractivity contribution in [3.63, 3.8) is 0 Å². The van der Waals surface area contributed by atoms with Gasteiger partial charge in [-0.15, -0.1) is 0 Å². The van der Waals surface area contributed by atoms with E-state index in [-0.39, 0.29) is 11.1 Å². The smallest absolute Gasteiger partial charge is 0.339 e. The predicted molar refractivity (Wildman–Crippen MR) is 58.7 cm³/mol. The van der Waals surface area contributed by atoms with Crippen LogP contribution in [0.15, 0.2) is 35.9 Å². The molecule has 4 heteroatoms. The monoisotopic (exact) mass is 220 g/mol. The molecule has 1 aromatic rings. The van der Waals surface area contributed by atoms with Gasteiger partial charge in [-0.25, -0.2) is 9.59 Å². The van der Waals surface area contributed by atoms with Crippen molar-refractivity contribution in [3.8, 4) is 0 Å². The van der Waals surface area contributed by atoms with Crippen LogP contribution in [0.1, 0.15) is 12.5 Å². The standard InChI is InChI=1S/C12H12O4/c1-8(11(13)14)10(12(15)16-2)9-6-4-3-5-7-9/h3-7H,1-2H3,(H,13,14). The summed E-state index contributed by atoms with van der Waals surface area (Å²) in [5.41, 5.74) is 0.586. The molecule has 0 aromatic heterocycles. The first kappa shape index (κ1) is 12.0. The van der Waals surface area contributed by atoms with Gasteiger partial charge in [0.05, 0.1) is 12.7 Å². The summed E-state index contributed by atoms with van der Waals surface area (Å²) in [7, 11) is 1.22. The number of carbonyl (C=O) groups excluding carboxylic acids is 1. The number of methoxy groups -OCH3 is 1. The van der Waals surface area contributed by atoms with Crippen LogP contribution in [0.2, 0.25) is 0 Å². The van der Waals surface area contributed by atoms with Gasteiger partial charge >= 0.3 is 11.9 Å². The van der Waals surface area contributed by atoms with Crippen LogP contribution in [0.4, 0.5) is 0 Å². The maximum Gasteiger partial charge on any atom is 0.339 e. The second kappa shape index (κ2) is 5.11. The van der Waals surface area contributed by atoms with Crippen LogP contribution in [0.3, 0.4) is 0 Å². The van der Waals surface area contributed by atoms with E-state index >= 15 is 0 Å². The van der Waals surface area contributed by atoms with Crippen molar-refractivity contribution in [3.05, 3.63) is 41.5 Å². The van der Waals surface area contributed by atoms with Crippen molar-refractivity contribution in [1.82, 2.24) is 0 Å². The molecular formula is C12H12O4. The van der Waals surface area contributed by atoms with Gasteiger partial charge in [-0.05, 0) is 12.5 Å².